The van der Waals surface area contributed by atoms with E-state index in [2.05, 4.69) is 5.32 Å². The second-order valence-electron chi connectivity index (χ2n) is 3.61. The molecule has 1 atom stereocenters. The van der Waals surface area contributed by atoms with Crippen LogP contribution in [0.5, 0.6) is 0 Å². The predicted octanol–water partition coefficient (Wildman–Crippen LogP) is 0.245. The van der Waals surface area contributed by atoms with Crippen LogP contribution in [0.3, 0.4) is 0 Å². The van der Waals surface area contributed by atoms with Crippen LogP contribution in [0.15, 0.2) is 0 Å². The third kappa shape index (κ3) is 2.62. The summed E-state index contributed by atoms with van der Waals surface area (Å²) < 4.78 is 0. The summed E-state index contributed by atoms with van der Waals surface area (Å²) in [7, 11) is 0. The molecule has 2 fully saturated rings. The number of rotatable bonds is 2. The third-order valence-corrected chi connectivity index (χ3v) is 3.58. The van der Waals surface area contributed by atoms with Crippen molar-refractivity contribution in [3.8, 4) is 0 Å². The summed E-state index contributed by atoms with van der Waals surface area (Å²) in [6.07, 6.45) is 1.55. The Morgan fingerprint density at radius 3 is 3.21 bits per heavy atom. The largest absolute Gasteiger partial charge is 0.312 e. The molecule has 1 amide bonds. The van der Waals surface area contributed by atoms with Gasteiger partial charge in [0.05, 0.1) is 13.2 Å². The minimum Gasteiger partial charge on any atom is -0.312 e. The van der Waals surface area contributed by atoms with Crippen molar-refractivity contribution in [1.82, 2.24) is 10.4 Å². The molecule has 2 heterocycles. The summed E-state index contributed by atoms with van der Waals surface area (Å²) in [6, 6.07) is 0.338. The van der Waals surface area contributed by atoms with Crippen LogP contribution in [0.1, 0.15) is 12.8 Å². The lowest BCUT2D eigenvalue weighted by molar-refractivity contribution is -0.169. The number of hydrogen-bond donors (Lipinski definition) is 1. The van der Waals surface area contributed by atoms with Crippen molar-refractivity contribution < 1.29 is 9.63 Å². The molecule has 0 spiro atoms. The highest BCUT2D eigenvalue weighted by atomic mass is 32.2. The van der Waals surface area contributed by atoms with E-state index < -0.39 is 0 Å². The van der Waals surface area contributed by atoms with Crippen molar-refractivity contribution in [1.29, 1.82) is 0 Å². The minimum absolute atomic E-state index is 0.127. The van der Waals surface area contributed by atoms with E-state index in [0.29, 0.717) is 19.1 Å². The summed E-state index contributed by atoms with van der Waals surface area (Å²) in [5.74, 6) is 2.33. The van der Waals surface area contributed by atoms with E-state index >= 15 is 0 Å². The van der Waals surface area contributed by atoms with Gasteiger partial charge in [0.2, 0.25) is 5.91 Å². The Balaban J connectivity index is 1.75. The number of hydroxylamine groups is 2. The zero-order valence-electron chi connectivity index (χ0n) is 8.20. The number of nitrogens with one attached hydrogen (secondary N) is 1. The highest BCUT2D eigenvalue weighted by Crippen LogP contribution is 2.13. The Morgan fingerprint density at radius 2 is 2.57 bits per heavy atom. The summed E-state index contributed by atoms with van der Waals surface area (Å²) in [4.78, 5) is 16.9. The first-order valence-corrected chi connectivity index (χ1v) is 6.26. The number of thioether (sulfide) groups is 1. The molecule has 2 saturated heterocycles. The number of hydrogen-bond acceptors (Lipinski definition) is 4. The Hall–Kier alpha value is -0.260. The van der Waals surface area contributed by atoms with Crippen molar-refractivity contribution in [2.24, 2.45) is 0 Å². The average Bonchev–Trinajstić information content (AvgIpc) is 2.72. The van der Waals surface area contributed by atoms with Crippen molar-refractivity contribution in [2.75, 3.05) is 31.2 Å². The molecule has 0 aromatic carbocycles. The molecular formula is C9H16N2O2S. The Morgan fingerprint density at radius 1 is 1.64 bits per heavy atom. The first kappa shape index (κ1) is 10.3. The maximum atomic E-state index is 11.7. The van der Waals surface area contributed by atoms with Crippen LogP contribution in [0.2, 0.25) is 0 Å². The molecule has 0 bridgehead atoms. The van der Waals surface area contributed by atoms with Gasteiger partial charge in [-0.05, 0) is 6.42 Å². The van der Waals surface area contributed by atoms with Gasteiger partial charge in [0.1, 0.15) is 0 Å². The summed E-state index contributed by atoms with van der Waals surface area (Å²) in [6.45, 7) is 2.47. The lowest BCUT2D eigenvalue weighted by Gasteiger charge is -2.24. The van der Waals surface area contributed by atoms with Crippen LogP contribution >= 0.6 is 11.8 Å². The van der Waals surface area contributed by atoms with Crippen LogP contribution in [-0.4, -0.2) is 48.2 Å². The molecule has 0 aromatic rings. The van der Waals surface area contributed by atoms with Gasteiger partial charge >= 0.3 is 0 Å². The van der Waals surface area contributed by atoms with Crippen molar-refractivity contribution in [3.05, 3.63) is 0 Å². The molecule has 0 aromatic heterocycles. The third-order valence-electron chi connectivity index (χ3n) is 2.45. The van der Waals surface area contributed by atoms with E-state index in [-0.39, 0.29) is 5.91 Å². The van der Waals surface area contributed by atoms with E-state index in [9.17, 15) is 4.79 Å². The first-order chi connectivity index (χ1) is 6.86. The Kier molecular flexibility index (Phi) is 3.67. The molecule has 0 radical (unpaired) electrons. The molecule has 2 aliphatic heterocycles. The number of carbonyl (C=O) groups is 1. The smallest absolute Gasteiger partial charge is 0.247 e. The minimum atomic E-state index is 0.127. The monoisotopic (exact) mass is 216 g/mol. The number of amides is 1. The molecule has 80 valence electrons. The standard InChI is InChI=1S/C9H16N2O2S/c12-9(11-3-1-4-13-11)6-8-7-14-5-2-10-8/h8,10H,1-7H2. The highest BCUT2D eigenvalue weighted by molar-refractivity contribution is 7.99. The molecule has 1 unspecified atom stereocenters. The summed E-state index contributed by atoms with van der Waals surface area (Å²) in [5, 5.41) is 4.86. The fourth-order valence-corrected chi connectivity index (χ4v) is 2.66. The van der Waals surface area contributed by atoms with E-state index in [1.165, 1.54) is 5.06 Å². The molecule has 2 aliphatic rings. The van der Waals surface area contributed by atoms with E-state index in [1.54, 1.807) is 0 Å². The van der Waals surface area contributed by atoms with Crippen LogP contribution in [0, 0.1) is 0 Å². The SMILES string of the molecule is O=C(CC1CSCCN1)N1CCCO1. The van der Waals surface area contributed by atoms with Gasteiger partial charge in [0, 0.05) is 30.5 Å². The second kappa shape index (κ2) is 5.00. The maximum Gasteiger partial charge on any atom is 0.247 e. The van der Waals surface area contributed by atoms with E-state index in [0.717, 1.165) is 31.0 Å². The molecule has 1 N–H and O–H groups in total. The molecule has 2 rings (SSSR count). The molecule has 0 aliphatic carbocycles. The average molecular weight is 216 g/mol. The zero-order valence-corrected chi connectivity index (χ0v) is 9.02. The maximum absolute atomic E-state index is 11.7. The van der Waals surface area contributed by atoms with Crippen LogP contribution in [-0.2, 0) is 9.63 Å². The van der Waals surface area contributed by atoms with Gasteiger partial charge in [-0.1, -0.05) is 0 Å². The Bertz CT molecular complexity index is 201. The molecule has 0 saturated carbocycles. The lowest BCUT2D eigenvalue weighted by Crippen LogP contribution is -2.41. The van der Waals surface area contributed by atoms with Crippen molar-refractivity contribution in [3.63, 3.8) is 0 Å². The lowest BCUT2D eigenvalue weighted by atomic mass is 10.2. The van der Waals surface area contributed by atoms with Gasteiger partial charge in [-0.15, -0.1) is 0 Å². The number of nitrogens with zero attached hydrogens (tertiary/aromatic N) is 1. The topological polar surface area (TPSA) is 41.6 Å². The summed E-state index contributed by atoms with van der Waals surface area (Å²) >= 11 is 1.91. The molecule has 4 nitrogen and oxygen atoms in total. The quantitative estimate of drug-likeness (QED) is 0.718. The summed E-state index contributed by atoms with van der Waals surface area (Å²) in [5.41, 5.74) is 0. The van der Waals surface area contributed by atoms with E-state index in [1.807, 2.05) is 11.8 Å². The molecular weight excluding hydrogens is 200 g/mol. The first-order valence-electron chi connectivity index (χ1n) is 5.10. The highest BCUT2D eigenvalue weighted by Gasteiger charge is 2.23. The van der Waals surface area contributed by atoms with Crippen LogP contribution in [0.25, 0.3) is 0 Å². The Labute approximate surface area is 88.3 Å². The van der Waals surface area contributed by atoms with Gasteiger partial charge < -0.3 is 5.32 Å². The van der Waals surface area contributed by atoms with Gasteiger partial charge in [-0.3, -0.25) is 9.63 Å². The van der Waals surface area contributed by atoms with Crippen LogP contribution in [0.4, 0.5) is 0 Å². The fourth-order valence-electron chi connectivity index (χ4n) is 1.71. The fraction of sp³-hybridized carbons (Fsp3) is 0.889. The molecule has 14 heavy (non-hydrogen) atoms. The van der Waals surface area contributed by atoms with Gasteiger partial charge in [-0.25, -0.2) is 5.06 Å². The van der Waals surface area contributed by atoms with Crippen LogP contribution < -0.4 is 5.32 Å². The predicted molar refractivity (Wildman–Crippen MR) is 56.0 cm³/mol. The number of carbonyl (C=O) groups excluding carboxylic acids is 1. The van der Waals surface area contributed by atoms with Gasteiger partial charge in [0.25, 0.3) is 0 Å². The molecule has 5 heteroatoms. The van der Waals surface area contributed by atoms with Crippen molar-refractivity contribution in [2.45, 2.75) is 18.9 Å². The van der Waals surface area contributed by atoms with E-state index in [4.69, 9.17) is 4.84 Å². The normalized spacial score (nSPS) is 28.0. The van der Waals surface area contributed by atoms with Gasteiger partial charge in [-0.2, -0.15) is 11.8 Å². The second-order valence-corrected chi connectivity index (χ2v) is 4.76. The van der Waals surface area contributed by atoms with Gasteiger partial charge in [0.15, 0.2) is 0 Å². The van der Waals surface area contributed by atoms with Crippen molar-refractivity contribution >= 4 is 17.7 Å². The zero-order chi connectivity index (χ0) is 9.80.